The lowest BCUT2D eigenvalue weighted by Crippen LogP contribution is -2.31. The molecule has 0 radical (unpaired) electrons. The van der Waals surface area contributed by atoms with E-state index in [1.54, 1.807) is 10.7 Å². The van der Waals surface area contributed by atoms with Crippen LogP contribution in [0, 0.1) is 0 Å². The summed E-state index contributed by atoms with van der Waals surface area (Å²) in [5, 5.41) is 11.1. The fraction of sp³-hybridized carbons (Fsp3) is 0.278. The molecule has 1 aromatic carbocycles. The summed E-state index contributed by atoms with van der Waals surface area (Å²) in [7, 11) is 0. The number of likely N-dealkylation sites (tertiary alicyclic amines) is 1. The van der Waals surface area contributed by atoms with Crippen molar-refractivity contribution in [1.82, 2.24) is 25.1 Å². The molecule has 2 amide bonds. The van der Waals surface area contributed by atoms with Crippen molar-refractivity contribution in [3.63, 3.8) is 0 Å². The standard InChI is InChI=1S/C18H18N6O2S/c19-18(26)16-8-7-15(27-16)14-2-1-9-23(14)17(25)10-12-3-5-13(6-4-12)24-11-20-21-22-24/h3-8,11,14H,1-2,9-10H2,(H2,19,26). The van der Waals surface area contributed by atoms with Gasteiger partial charge in [0.25, 0.3) is 5.91 Å². The van der Waals surface area contributed by atoms with Crippen molar-refractivity contribution in [3.8, 4) is 5.69 Å². The molecule has 9 heteroatoms. The van der Waals surface area contributed by atoms with E-state index in [1.165, 1.54) is 17.7 Å². The minimum atomic E-state index is -0.426. The number of hydrogen-bond donors (Lipinski definition) is 1. The quantitative estimate of drug-likeness (QED) is 0.723. The number of thiophene rings is 1. The largest absolute Gasteiger partial charge is 0.365 e. The van der Waals surface area contributed by atoms with Gasteiger partial charge in [-0.25, -0.2) is 4.68 Å². The van der Waals surface area contributed by atoms with E-state index in [2.05, 4.69) is 15.5 Å². The first kappa shape index (κ1) is 17.3. The molecule has 1 saturated heterocycles. The second-order valence-electron chi connectivity index (χ2n) is 6.41. The van der Waals surface area contributed by atoms with E-state index in [1.807, 2.05) is 35.2 Å². The molecule has 4 rings (SSSR count). The Morgan fingerprint density at radius 3 is 2.67 bits per heavy atom. The summed E-state index contributed by atoms with van der Waals surface area (Å²) in [6, 6.07) is 11.3. The average Bonchev–Trinajstić information content (AvgIpc) is 3.42. The summed E-state index contributed by atoms with van der Waals surface area (Å²) in [6.45, 7) is 0.732. The minimum Gasteiger partial charge on any atom is -0.365 e. The van der Waals surface area contributed by atoms with Gasteiger partial charge in [-0.15, -0.1) is 16.4 Å². The van der Waals surface area contributed by atoms with Crippen LogP contribution in [-0.4, -0.2) is 43.5 Å². The Balaban J connectivity index is 1.46. The highest BCUT2D eigenvalue weighted by atomic mass is 32.1. The van der Waals surface area contributed by atoms with E-state index in [-0.39, 0.29) is 11.9 Å². The highest BCUT2D eigenvalue weighted by Gasteiger charge is 2.31. The van der Waals surface area contributed by atoms with Gasteiger partial charge in [0.1, 0.15) is 6.33 Å². The van der Waals surface area contributed by atoms with Gasteiger partial charge in [0, 0.05) is 11.4 Å². The van der Waals surface area contributed by atoms with E-state index in [0.717, 1.165) is 35.5 Å². The van der Waals surface area contributed by atoms with Crippen LogP contribution in [0.2, 0.25) is 0 Å². The third-order valence-electron chi connectivity index (χ3n) is 4.68. The molecule has 0 bridgehead atoms. The van der Waals surface area contributed by atoms with Crippen molar-refractivity contribution in [2.24, 2.45) is 5.73 Å². The van der Waals surface area contributed by atoms with Crippen LogP contribution in [0.25, 0.3) is 5.69 Å². The maximum Gasteiger partial charge on any atom is 0.258 e. The lowest BCUT2D eigenvalue weighted by Gasteiger charge is -2.24. The lowest BCUT2D eigenvalue weighted by atomic mass is 10.1. The zero-order valence-corrected chi connectivity index (χ0v) is 15.3. The molecule has 8 nitrogen and oxygen atoms in total. The van der Waals surface area contributed by atoms with E-state index in [9.17, 15) is 9.59 Å². The van der Waals surface area contributed by atoms with Gasteiger partial charge in [0.05, 0.1) is 23.0 Å². The van der Waals surface area contributed by atoms with Gasteiger partial charge in [0.2, 0.25) is 5.91 Å². The molecular formula is C18H18N6O2S. The Kier molecular flexibility index (Phi) is 4.68. The molecule has 0 aliphatic carbocycles. The molecule has 1 aliphatic heterocycles. The Morgan fingerprint density at radius 2 is 2.00 bits per heavy atom. The average molecular weight is 382 g/mol. The van der Waals surface area contributed by atoms with Gasteiger partial charge < -0.3 is 10.6 Å². The van der Waals surface area contributed by atoms with Crippen LogP contribution >= 0.6 is 11.3 Å². The minimum absolute atomic E-state index is 0.0242. The molecule has 1 unspecified atom stereocenters. The van der Waals surface area contributed by atoms with Crippen LogP contribution in [-0.2, 0) is 11.2 Å². The summed E-state index contributed by atoms with van der Waals surface area (Å²) in [6.07, 6.45) is 3.72. The Labute approximate surface area is 159 Å². The van der Waals surface area contributed by atoms with Crippen LogP contribution in [0.15, 0.2) is 42.7 Å². The summed E-state index contributed by atoms with van der Waals surface area (Å²) in [4.78, 5) is 27.6. The van der Waals surface area contributed by atoms with E-state index >= 15 is 0 Å². The van der Waals surface area contributed by atoms with Crippen molar-refractivity contribution in [2.45, 2.75) is 25.3 Å². The maximum atomic E-state index is 12.9. The van der Waals surface area contributed by atoms with Crippen LogP contribution in [0.3, 0.4) is 0 Å². The summed E-state index contributed by atoms with van der Waals surface area (Å²) in [5.41, 5.74) is 7.12. The third-order valence-corrected chi connectivity index (χ3v) is 5.88. The smallest absolute Gasteiger partial charge is 0.258 e. The van der Waals surface area contributed by atoms with Crippen LogP contribution in [0.1, 0.15) is 39.0 Å². The maximum absolute atomic E-state index is 12.9. The molecule has 3 aromatic rings. The molecule has 0 saturated carbocycles. The number of nitrogens with zero attached hydrogens (tertiary/aromatic N) is 5. The lowest BCUT2D eigenvalue weighted by molar-refractivity contribution is -0.131. The SMILES string of the molecule is NC(=O)c1ccc(C2CCCN2C(=O)Cc2ccc(-n3cnnn3)cc2)s1. The number of hydrogen-bond acceptors (Lipinski definition) is 6. The molecule has 138 valence electrons. The molecule has 1 atom stereocenters. The van der Waals surface area contributed by atoms with Crippen molar-refractivity contribution < 1.29 is 9.59 Å². The number of primary amides is 1. The first-order chi connectivity index (χ1) is 13.1. The molecule has 3 heterocycles. The number of nitrogens with two attached hydrogens (primary N) is 1. The van der Waals surface area contributed by atoms with E-state index in [4.69, 9.17) is 5.73 Å². The van der Waals surface area contributed by atoms with Crippen molar-refractivity contribution in [1.29, 1.82) is 0 Å². The fourth-order valence-electron chi connectivity index (χ4n) is 3.35. The number of amides is 2. The third kappa shape index (κ3) is 3.59. The van der Waals surface area contributed by atoms with E-state index in [0.29, 0.717) is 11.3 Å². The molecule has 27 heavy (non-hydrogen) atoms. The van der Waals surface area contributed by atoms with E-state index < -0.39 is 5.91 Å². The highest BCUT2D eigenvalue weighted by Crippen LogP contribution is 2.36. The second kappa shape index (κ2) is 7.28. The summed E-state index contributed by atoms with van der Waals surface area (Å²) >= 11 is 1.38. The normalized spacial score (nSPS) is 16.6. The molecule has 0 spiro atoms. The Bertz CT molecular complexity index is 951. The Morgan fingerprint density at radius 1 is 1.19 bits per heavy atom. The molecule has 2 N–H and O–H groups in total. The van der Waals surface area contributed by atoms with Crippen molar-refractivity contribution >= 4 is 23.2 Å². The van der Waals surface area contributed by atoms with Crippen molar-refractivity contribution in [2.75, 3.05) is 6.54 Å². The monoisotopic (exact) mass is 382 g/mol. The molecular weight excluding hydrogens is 364 g/mol. The summed E-state index contributed by atoms with van der Waals surface area (Å²) < 4.78 is 1.56. The van der Waals surface area contributed by atoms with Crippen LogP contribution in [0.5, 0.6) is 0 Å². The van der Waals surface area contributed by atoms with Crippen LogP contribution in [0.4, 0.5) is 0 Å². The number of rotatable bonds is 5. The number of aromatic nitrogens is 4. The van der Waals surface area contributed by atoms with Crippen molar-refractivity contribution in [3.05, 3.63) is 58.0 Å². The molecule has 1 fully saturated rings. The van der Waals surface area contributed by atoms with Gasteiger partial charge in [-0.3, -0.25) is 9.59 Å². The highest BCUT2D eigenvalue weighted by molar-refractivity contribution is 7.14. The summed E-state index contributed by atoms with van der Waals surface area (Å²) in [5.74, 6) is -0.341. The van der Waals surface area contributed by atoms with Gasteiger partial charge >= 0.3 is 0 Å². The Hall–Kier alpha value is -3.07. The predicted octanol–water partition coefficient (Wildman–Crippen LogP) is 1.73. The van der Waals surface area contributed by atoms with Gasteiger partial charge in [-0.05, 0) is 53.1 Å². The fourth-order valence-corrected chi connectivity index (χ4v) is 4.36. The zero-order valence-electron chi connectivity index (χ0n) is 14.5. The number of carbonyl (C=O) groups is 2. The number of benzene rings is 1. The van der Waals surface area contributed by atoms with Gasteiger partial charge in [-0.1, -0.05) is 12.1 Å². The predicted molar refractivity (Wildman–Crippen MR) is 99.4 cm³/mol. The van der Waals surface area contributed by atoms with Gasteiger partial charge in [0.15, 0.2) is 0 Å². The molecule has 1 aliphatic rings. The second-order valence-corrected chi connectivity index (χ2v) is 7.52. The first-order valence-corrected chi connectivity index (χ1v) is 9.45. The first-order valence-electron chi connectivity index (χ1n) is 8.63. The number of tetrazole rings is 1. The zero-order chi connectivity index (χ0) is 18.8. The van der Waals surface area contributed by atoms with Crippen LogP contribution < -0.4 is 5.73 Å². The molecule has 2 aromatic heterocycles. The number of carbonyl (C=O) groups excluding carboxylic acids is 2. The van der Waals surface area contributed by atoms with Gasteiger partial charge in [-0.2, -0.15) is 0 Å². The topological polar surface area (TPSA) is 107 Å².